The first kappa shape index (κ1) is 9.71. The van der Waals surface area contributed by atoms with E-state index in [0.29, 0.717) is 0 Å². The predicted octanol–water partition coefficient (Wildman–Crippen LogP) is 0.864. The minimum Gasteiger partial charge on any atom is -0.272 e. The molecular weight excluding hydrogens is 190 g/mol. The Hall–Kier alpha value is -1.84. The molecule has 15 heavy (non-hydrogen) atoms. The van der Waals surface area contributed by atoms with E-state index in [9.17, 15) is 4.79 Å². The van der Waals surface area contributed by atoms with Gasteiger partial charge in [-0.2, -0.15) is 5.43 Å². The van der Waals surface area contributed by atoms with Crippen LogP contribution in [-0.2, 0) is 11.8 Å². The number of carbonyl (C=O) groups is 1. The number of fused-ring (bicyclic) bond motifs is 1. The molecule has 2 aromatic rings. The largest absolute Gasteiger partial charge is 0.277 e. The molecule has 2 rings (SSSR count). The van der Waals surface area contributed by atoms with Crippen molar-refractivity contribution in [3.63, 3.8) is 0 Å². The third-order valence-electron chi connectivity index (χ3n) is 2.56. The molecule has 0 aliphatic rings. The third kappa shape index (κ3) is 1.48. The van der Waals surface area contributed by atoms with Crippen molar-refractivity contribution in [2.75, 3.05) is 5.43 Å². The van der Waals surface area contributed by atoms with E-state index in [0.717, 1.165) is 16.9 Å². The maximum Gasteiger partial charge on any atom is 0.277 e. The fourth-order valence-corrected chi connectivity index (χ4v) is 1.73. The zero-order chi connectivity index (χ0) is 11.0. The van der Waals surface area contributed by atoms with Crippen LogP contribution in [-0.4, -0.2) is 10.6 Å². The standard InChI is InChI=1S/C11H13N3O/c1-8(15)12-14-9(2)13(3)10-6-4-5-7-11(10)14/h4-7H,1-3H3/p+1. The van der Waals surface area contributed by atoms with Gasteiger partial charge in [0.15, 0.2) is 11.0 Å². The summed E-state index contributed by atoms with van der Waals surface area (Å²) >= 11 is 0. The van der Waals surface area contributed by atoms with E-state index < -0.39 is 0 Å². The van der Waals surface area contributed by atoms with Gasteiger partial charge in [0, 0.05) is 13.8 Å². The first-order valence-corrected chi connectivity index (χ1v) is 4.85. The summed E-state index contributed by atoms with van der Waals surface area (Å²) in [5.74, 6) is 0.922. The molecule has 0 saturated carbocycles. The van der Waals surface area contributed by atoms with Gasteiger partial charge in [-0.05, 0) is 12.1 Å². The lowest BCUT2D eigenvalue weighted by atomic mass is 10.3. The summed E-state index contributed by atoms with van der Waals surface area (Å²) in [7, 11) is 1.98. The van der Waals surface area contributed by atoms with Crippen LogP contribution in [0.2, 0.25) is 0 Å². The normalized spacial score (nSPS) is 10.6. The molecule has 0 aliphatic heterocycles. The van der Waals surface area contributed by atoms with Gasteiger partial charge in [-0.25, -0.2) is 4.57 Å². The maximum atomic E-state index is 11.1. The highest BCUT2D eigenvalue weighted by molar-refractivity contribution is 5.83. The van der Waals surface area contributed by atoms with Gasteiger partial charge in [0.1, 0.15) is 0 Å². The van der Waals surface area contributed by atoms with Crippen LogP contribution >= 0.6 is 0 Å². The Bertz CT molecular complexity index is 528. The topological polar surface area (TPSA) is 37.9 Å². The van der Waals surface area contributed by atoms with Crippen molar-refractivity contribution < 1.29 is 9.36 Å². The number of aromatic nitrogens is 2. The molecule has 0 fully saturated rings. The number of carbonyl (C=O) groups excluding carboxylic acids is 1. The zero-order valence-electron chi connectivity index (χ0n) is 9.11. The van der Waals surface area contributed by atoms with Gasteiger partial charge < -0.3 is 0 Å². The van der Waals surface area contributed by atoms with E-state index in [1.54, 1.807) is 4.68 Å². The molecule has 1 aromatic carbocycles. The van der Waals surface area contributed by atoms with E-state index in [2.05, 4.69) is 5.43 Å². The van der Waals surface area contributed by atoms with E-state index in [4.69, 9.17) is 0 Å². The van der Waals surface area contributed by atoms with Gasteiger partial charge in [-0.3, -0.25) is 4.79 Å². The molecule has 0 radical (unpaired) electrons. The molecule has 0 atom stereocenters. The second-order valence-electron chi connectivity index (χ2n) is 3.60. The number of aryl methyl sites for hydroxylation is 1. The lowest BCUT2D eigenvalue weighted by Crippen LogP contribution is -2.33. The van der Waals surface area contributed by atoms with Crippen molar-refractivity contribution in [1.29, 1.82) is 0 Å². The number of rotatable bonds is 1. The Kier molecular flexibility index (Phi) is 2.19. The van der Waals surface area contributed by atoms with Crippen LogP contribution in [0.3, 0.4) is 0 Å². The van der Waals surface area contributed by atoms with Crippen LogP contribution in [0.4, 0.5) is 0 Å². The second kappa shape index (κ2) is 3.38. The summed E-state index contributed by atoms with van der Waals surface area (Å²) < 4.78 is 3.85. The lowest BCUT2D eigenvalue weighted by molar-refractivity contribution is -0.652. The summed E-state index contributed by atoms with van der Waals surface area (Å²) in [6, 6.07) is 7.96. The van der Waals surface area contributed by atoms with Crippen LogP contribution in [0.5, 0.6) is 0 Å². The van der Waals surface area contributed by atoms with Crippen LogP contribution in [0.15, 0.2) is 24.3 Å². The van der Waals surface area contributed by atoms with Gasteiger partial charge in [0.05, 0.1) is 7.05 Å². The SMILES string of the molecule is CC(=O)Nn1c(C)[n+](C)c2ccccc21. The summed E-state index contributed by atoms with van der Waals surface area (Å²) in [4.78, 5) is 11.1. The van der Waals surface area contributed by atoms with E-state index in [1.165, 1.54) is 6.92 Å². The Labute approximate surface area is 88.1 Å². The molecule has 1 amide bonds. The Morgan fingerprint density at radius 2 is 2.07 bits per heavy atom. The van der Waals surface area contributed by atoms with E-state index >= 15 is 0 Å². The van der Waals surface area contributed by atoms with Crippen LogP contribution in [0.25, 0.3) is 11.0 Å². The monoisotopic (exact) mass is 204 g/mol. The number of amides is 1. The molecule has 4 heteroatoms. The van der Waals surface area contributed by atoms with E-state index in [-0.39, 0.29) is 5.91 Å². The summed E-state index contributed by atoms with van der Waals surface area (Å²) in [6.07, 6.45) is 0. The fraction of sp³-hybridized carbons (Fsp3) is 0.273. The Balaban J connectivity index is 2.72. The van der Waals surface area contributed by atoms with Crippen molar-refractivity contribution in [3.05, 3.63) is 30.1 Å². The number of hydrogen-bond acceptors (Lipinski definition) is 1. The third-order valence-corrected chi connectivity index (χ3v) is 2.56. The molecule has 78 valence electrons. The summed E-state index contributed by atoms with van der Waals surface area (Å²) in [6.45, 7) is 3.48. The van der Waals surface area contributed by atoms with Crippen LogP contribution in [0, 0.1) is 6.92 Å². The van der Waals surface area contributed by atoms with Gasteiger partial charge in [0.25, 0.3) is 11.7 Å². The molecular formula is C11H14N3O+. The number of benzene rings is 1. The number of imidazole rings is 1. The highest BCUT2D eigenvalue weighted by Crippen LogP contribution is 2.11. The quantitative estimate of drug-likeness (QED) is 0.687. The number of para-hydroxylation sites is 2. The first-order chi connectivity index (χ1) is 7.11. The highest BCUT2D eigenvalue weighted by atomic mass is 16.2. The lowest BCUT2D eigenvalue weighted by Gasteiger charge is -1.97. The second-order valence-corrected chi connectivity index (χ2v) is 3.60. The van der Waals surface area contributed by atoms with Crippen LogP contribution < -0.4 is 9.99 Å². The number of hydrogen-bond donors (Lipinski definition) is 1. The Morgan fingerprint density at radius 1 is 1.40 bits per heavy atom. The van der Waals surface area contributed by atoms with Gasteiger partial charge in [0.2, 0.25) is 0 Å². The van der Waals surface area contributed by atoms with Crippen molar-refractivity contribution in [2.24, 2.45) is 7.05 Å². The molecule has 0 spiro atoms. The summed E-state index contributed by atoms with van der Waals surface area (Å²) in [5.41, 5.74) is 4.90. The number of nitrogens with one attached hydrogen (secondary N) is 1. The van der Waals surface area contributed by atoms with Crippen molar-refractivity contribution in [3.8, 4) is 0 Å². The maximum absolute atomic E-state index is 11.1. The Morgan fingerprint density at radius 3 is 2.73 bits per heavy atom. The number of nitrogens with zero attached hydrogens (tertiary/aromatic N) is 2. The molecule has 0 bridgehead atoms. The molecule has 4 nitrogen and oxygen atoms in total. The van der Waals surface area contributed by atoms with Gasteiger partial charge in [-0.15, -0.1) is 4.68 Å². The summed E-state index contributed by atoms with van der Waals surface area (Å²) in [5, 5.41) is 0. The van der Waals surface area contributed by atoms with Crippen molar-refractivity contribution in [2.45, 2.75) is 13.8 Å². The average molecular weight is 204 g/mol. The predicted molar refractivity (Wildman–Crippen MR) is 57.9 cm³/mol. The highest BCUT2D eigenvalue weighted by Gasteiger charge is 2.19. The first-order valence-electron chi connectivity index (χ1n) is 4.85. The molecule has 0 unspecified atom stereocenters. The van der Waals surface area contributed by atoms with Crippen molar-refractivity contribution >= 4 is 16.9 Å². The van der Waals surface area contributed by atoms with E-state index in [1.807, 2.05) is 42.8 Å². The van der Waals surface area contributed by atoms with Crippen LogP contribution in [0.1, 0.15) is 12.7 Å². The molecule has 0 saturated heterocycles. The zero-order valence-corrected chi connectivity index (χ0v) is 9.11. The minimum atomic E-state index is -0.0700. The van der Waals surface area contributed by atoms with Gasteiger partial charge in [-0.1, -0.05) is 12.1 Å². The smallest absolute Gasteiger partial charge is 0.272 e. The fourth-order valence-electron chi connectivity index (χ4n) is 1.73. The van der Waals surface area contributed by atoms with Crippen molar-refractivity contribution in [1.82, 2.24) is 4.68 Å². The minimum absolute atomic E-state index is 0.0700. The molecule has 1 heterocycles. The average Bonchev–Trinajstić information content (AvgIpc) is 2.44. The molecule has 0 aliphatic carbocycles. The molecule has 1 aromatic heterocycles. The molecule has 1 N–H and O–H groups in total. The van der Waals surface area contributed by atoms with Gasteiger partial charge >= 0.3 is 0 Å².